The smallest absolute Gasteiger partial charge is 0.197 e. The number of rotatable bonds is 6. The average molecular weight is 357 g/mol. The van der Waals surface area contributed by atoms with Crippen molar-refractivity contribution < 1.29 is 4.74 Å². The molecule has 136 valence electrons. The second-order valence-electron chi connectivity index (χ2n) is 6.69. The van der Waals surface area contributed by atoms with Crippen LogP contribution in [0, 0.1) is 5.41 Å². The van der Waals surface area contributed by atoms with Crippen LogP contribution in [0.25, 0.3) is 22.9 Å². The summed E-state index contributed by atoms with van der Waals surface area (Å²) < 4.78 is 5.75. The van der Waals surface area contributed by atoms with Crippen LogP contribution >= 0.6 is 0 Å². The van der Waals surface area contributed by atoms with Crippen LogP contribution in [0.15, 0.2) is 54.6 Å². The average Bonchev–Trinajstić information content (AvgIpc) is 3.10. The van der Waals surface area contributed by atoms with Crippen molar-refractivity contribution in [3.63, 3.8) is 0 Å². The number of unbranched alkanes of at least 4 members (excludes halogenated alkanes) is 1. The van der Waals surface area contributed by atoms with Gasteiger partial charge in [0.05, 0.1) is 12.3 Å². The van der Waals surface area contributed by atoms with E-state index in [9.17, 15) is 0 Å². The molecule has 0 amide bonds. The van der Waals surface area contributed by atoms with E-state index in [-0.39, 0.29) is 5.96 Å². The van der Waals surface area contributed by atoms with Gasteiger partial charge in [-0.2, -0.15) is 0 Å². The molecule has 0 aliphatic heterocycles. The third kappa shape index (κ3) is 3.14. The highest BCUT2D eigenvalue weighted by Gasteiger charge is 2.19. The predicted molar refractivity (Wildman–Crippen MR) is 114 cm³/mol. The molecule has 4 rings (SSSR count). The fraction of sp³-hybridized carbons (Fsp3) is 0.174. The molecule has 0 spiro atoms. The first kappa shape index (κ1) is 17.2. The predicted octanol–water partition coefficient (Wildman–Crippen LogP) is 5.53. The first-order valence-electron chi connectivity index (χ1n) is 9.30. The molecule has 0 fully saturated rings. The van der Waals surface area contributed by atoms with Crippen molar-refractivity contribution in [3.8, 4) is 5.75 Å². The highest BCUT2D eigenvalue weighted by Crippen LogP contribution is 2.39. The molecular formula is C23H23N3O. The summed E-state index contributed by atoms with van der Waals surface area (Å²) in [5.41, 5.74) is 10.1. The van der Waals surface area contributed by atoms with Crippen LogP contribution in [0.4, 0.5) is 11.4 Å². The molecular weight excluding hydrogens is 334 g/mol. The lowest BCUT2D eigenvalue weighted by molar-refractivity contribution is 0.309. The van der Waals surface area contributed by atoms with Crippen LogP contribution in [-0.2, 0) is 0 Å². The zero-order valence-electron chi connectivity index (χ0n) is 15.4. The Morgan fingerprint density at radius 1 is 1.00 bits per heavy atom. The van der Waals surface area contributed by atoms with E-state index < -0.39 is 0 Å². The number of nitrogens with one attached hydrogen (secondary N) is 1. The maximum atomic E-state index is 8.17. The van der Waals surface area contributed by atoms with Crippen molar-refractivity contribution in [1.29, 1.82) is 5.41 Å². The molecule has 0 radical (unpaired) electrons. The first-order valence-corrected chi connectivity index (χ1v) is 9.30. The molecule has 0 bridgehead atoms. The maximum absolute atomic E-state index is 8.17. The van der Waals surface area contributed by atoms with Crippen molar-refractivity contribution in [3.05, 3.63) is 65.7 Å². The number of benzene rings is 3. The van der Waals surface area contributed by atoms with Gasteiger partial charge in [-0.1, -0.05) is 49.8 Å². The van der Waals surface area contributed by atoms with E-state index in [4.69, 9.17) is 15.9 Å². The molecule has 3 aromatic carbocycles. The number of nitrogens with zero attached hydrogens (tertiary/aromatic N) is 1. The molecule has 27 heavy (non-hydrogen) atoms. The van der Waals surface area contributed by atoms with Crippen molar-refractivity contribution >= 4 is 40.3 Å². The summed E-state index contributed by atoms with van der Waals surface area (Å²) in [5, 5.41) is 10.5. The molecule has 1 aliphatic rings. The van der Waals surface area contributed by atoms with Gasteiger partial charge in [0.2, 0.25) is 0 Å². The minimum Gasteiger partial charge on any atom is -0.494 e. The summed E-state index contributed by atoms with van der Waals surface area (Å²) in [6, 6.07) is 18.1. The summed E-state index contributed by atoms with van der Waals surface area (Å²) in [6.07, 6.45) is 6.40. The standard InChI is InChI=1S/C23H23N3O/c1-2-3-15-27-19-12-10-18(11-13-19)26(23(24)25)21-14-9-17-8-7-16-5-4-6-20(21)22(16)17/h4-14H,2-3,15H2,1H3,(H3,24,25). The van der Waals surface area contributed by atoms with E-state index in [0.717, 1.165) is 35.4 Å². The second kappa shape index (κ2) is 7.16. The van der Waals surface area contributed by atoms with Crippen LogP contribution in [0.3, 0.4) is 0 Å². The number of ether oxygens (including phenoxy) is 1. The summed E-state index contributed by atoms with van der Waals surface area (Å²) >= 11 is 0. The lowest BCUT2D eigenvalue weighted by atomic mass is 10.0. The molecule has 0 atom stereocenters. The van der Waals surface area contributed by atoms with Crippen LogP contribution in [0.1, 0.15) is 30.9 Å². The monoisotopic (exact) mass is 357 g/mol. The van der Waals surface area contributed by atoms with E-state index in [0.29, 0.717) is 6.61 Å². The van der Waals surface area contributed by atoms with E-state index in [2.05, 4.69) is 37.3 Å². The lowest BCUT2D eigenvalue weighted by Gasteiger charge is -2.25. The molecule has 0 heterocycles. The van der Waals surface area contributed by atoms with Crippen molar-refractivity contribution in [2.24, 2.45) is 5.73 Å². The molecule has 4 nitrogen and oxygen atoms in total. The van der Waals surface area contributed by atoms with Gasteiger partial charge < -0.3 is 10.5 Å². The summed E-state index contributed by atoms with van der Waals surface area (Å²) in [7, 11) is 0. The second-order valence-corrected chi connectivity index (χ2v) is 6.69. The van der Waals surface area contributed by atoms with Crippen molar-refractivity contribution in [2.75, 3.05) is 11.5 Å². The van der Waals surface area contributed by atoms with Gasteiger partial charge in [0.1, 0.15) is 5.75 Å². The zero-order valence-corrected chi connectivity index (χ0v) is 15.4. The molecule has 4 heteroatoms. The zero-order chi connectivity index (χ0) is 18.8. The van der Waals surface area contributed by atoms with Gasteiger partial charge in [0.25, 0.3) is 0 Å². The SMILES string of the molecule is CCCCOc1ccc(N(C(=N)N)c2ccc3c4c(cccc24)C=C3)cc1. The van der Waals surface area contributed by atoms with Crippen LogP contribution < -0.4 is 15.4 Å². The summed E-state index contributed by atoms with van der Waals surface area (Å²) in [4.78, 5) is 1.77. The summed E-state index contributed by atoms with van der Waals surface area (Å²) in [5.74, 6) is 0.821. The molecule has 0 saturated carbocycles. The van der Waals surface area contributed by atoms with E-state index in [1.807, 2.05) is 36.4 Å². The van der Waals surface area contributed by atoms with Gasteiger partial charge in [-0.25, -0.2) is 0 Å². The normalized spacial score (nSPS) is 11.7. The Bertz CT molecular complexity index is 1010. The summed E-state index contributed by atoms with van der Waals surface area (Å²) in [6.45, 7) is 2.86. The minimum atomic E-state index is -0.0127. The fourth-order valence-corrected chi connectivity index (χ4v) is 3.53. The van der Waals surface area contributed by atoms with Gasteiger partial charge in [-0.15, -0.1) is 0 Å². The Hall–Kier alpha value is -3.27. The highest BCUT2D eigenvalue weighted by molar-refractivity contribution is 6.14. The van der Waals surface area contributed by atoms with Crippen LogP contribution in [0.5, 0.6) is 5.75 Å². The quantitative estimate of drug-likeness (QED) is 0.271. The largest absolute Gasteiger partial charge is 0.494 e. The molecule has 0 saturated heterocycles. The maximum Gasteiger partial charge on any atom is 0.197 e. The fourth-order valence-electron chi connectivity index (χ4n) is 3.53. The van der Waals surface area contributed by atoms with Gasteiger partial charge >= 0.3 is 0 Å². The molecule has 3 N–H and O–H groups in total. The molecule has 0 unspecified atom stereocenters. The molecule has 3 aromatic rings. The number of guanidine groups is 1. The Balaban J connectivity index is 1.73. The number of hydrogen-bond donors (Lipinski definition) is 2. The Labute approximate surface area is 159 Å². The molecule has 0 aromatic heterocycles. The highest BCUT2D eigenvalue weighted by atomic mass is 16.5. The van der Waals surface area contributed by atoms with E-state index in [1.165, 1.54) is 16.5 Å². The van der Waals surface area contributed by atoms with E-state index in [1.54, 1.807) is 4.90 Å². The van der Waals surface area contributed by atoms with Gasteiger partial charge in [0, 0.05) is 11.1 Å². The lowest BCUT2D eigenvalue weighted by Crippen LogP contribution is -2.32. The number of anilines is 2. The Morgan fingerprint density at radius 2 is 1.74 bits per heavy atom. The van der Waals surface area contributed by atoms with E-state index >= 15 is 0 Å². The third-order valence-electron chi connectivity index (χ3n) is 4.87. The van der Waals surface area contributed by atoms with Crippen LogP contribution in [0.2, 0.25) is 0 Å². The Morgan fingerprint density at radius 3 is 2.44 bits per heavy atom. The Kier molecular flexibility index (Phi) is 4.55. The van der Waals surface area contributed by atoms with Crippen LogP contribution in [-0.4, -0.2) is 12.6 Å². The number of hydrogen-bond acceptors (Lipinski definition) is 2. The molecule has 1 aliphatic carbocycles. The minimum absolute atomic E-state index is 0.0127. The number of nitrogens with two attached hydrogens (primary N) is 1. The first-order chi connectivity index (χ1) is 13.2. The topological polar surface area (TPSA) is 62.3 Å². The van der Waals surface area contributed by atoms with Gasteiger partial charge in [-0.05, 0) is 53.3 Å². The third-order valence-corrected chi connectivity index (χ3v) is 4.87. The van der Waals surface area contributed by atoms with Gasteiger partial charge in [0.15, 0.2) is 5.96 Å². The van der Waals surface area contributed by atoms with Crippen molar-refractivity contribution in [2.45, 2.75) is 19.8 Å². The van der Waals surface area contributed by atoms with Gasteiger partial charge in [-0.3, -0.25) is 10.3 Å². The van der Waals surface area contributed by atoms with Crippen molar-refractivity contribution in [1.82, 2.24) is 0 Å².